The Kier molecular flexibility index (Phi) is 4.73. The third kappa shape index (κ3) is 3.98. The second-order valence-corrected chi connectivity index (χ2v) is 6.14. The van der Waals surface area contributed by atoms with E-state index in [4.69, 9.17) is 0 Å². The lowest BCUT2D eigenvalue weighted by Gasteiger charge is -2.04. The van der Waals surface area contributed by atoms with Crippen molar-refractivity contribution in [2.75, 3.05) is 0 Å². The summed E-state index contributed by atoms with van der Waals surface area (Å²) in [7, 11) is 0. The molecular formula is C17H16N4OS. The number of hydrogen-bond donors (Lipinski definition) is 1. The van der Waals surface area contributed by atoms with E-state index >= 15 is 0 Å². The third-order valence-electron chi connectivity index (χ3n) is 3.34. The minimum Gasteiger partial charge on any atom is -0.352 e. The number of hydrogen-bond acceptors (Lipinski definition) is 5. The predicted molar refractivity (Wildman–Crippen MR) is 89.9 cm³/mol. The van der Waals surface area contributed by atoms with E-state index in [2.05, 4.69) is 20.3 Å². The van der Waals surface area contributed by atoms with Crippen LogP contribution in [0.25, 0.3) is 10.7 Å². The van der Waals surface area contributed by atoms with Crippen LogP contribution in [0.3, 0.4) is 0 Å². The van der Waals surface area contributed by atoms with Crippen LogP contribution < -0.4 is 5.32 Å². The number of thiazole rings is 1. The van der Waals surface area contributed by atoms with Crippen molar-refractivity contribution in [1.82, 2.24) is 20.3 Å². The van der Waals surface area contributed by atoms with Crippen molar-refractivity contribution in [3.05, 3.63) is 65.1 Å². The van der Waals surface area contributed by atoms with Gasteiger partial charge < -0.3 is 5.32 Å². The fourth-order valence-corrected chi connectivity index (χ4v) is 3.14. The van der Waals surface area contributed by atoms with Crippen LogP contribution in [-0.4, -0.2) is 20.9 Å². The minimum absolute atomic E-state index is 0.0128. The molecule has 3 heterocycles. The Hall–Kier alpha value is -2.60. The maximum Gasteiger partial charge on any atom is 0.225 e. The summed E-state index contributed by atoms with van der Waals surface area (Å²) in [6.07, 6.45) is 5.51. The van der Waals surface area contributed by atoms with E-state index < -0.39 is 0 Å². The van der Waals surface area contributed by atoms with Gasteiger partial charge in [-0.15, -0.1) is 11.3 Å². The summed E-state index contributed by atoms with van der Waals surface area (Å²) >= 11 is 1.52. The van der Waals surface area contributed by atoms with E-state index in [0.29, 0.717) is 13.0 Å². The number of amides is 1. The smallest absolute Gasteiger partial charge is 0.225 e. The maximum atomic E-state index is 12.1. The molecule has 0 aliphatic heterocycles. The van der Waals surface area contributed by atoms with Gasteiger partial charge in [0.25, 0.3) is 0 Å². The second-order valence-electron chi connectivity index (χ2n) is 5.05. The van der Waals surface area contributed by atoms with Crippen LogP contribution in [0.1, 0.15) is 16.1 Å². The molecule has 0 aromatic carbocycles. The van der Waals surface area contributed by atoms with Gasteiger partial charge in [0.1, 0.15) is 5.01 Å². The van der Waals surface area contributed by atoms with E-state index in [-0.39, 0.29) is 5.91 Å². The molecule has 5 nitrogen and oxygen atoms in total. The molecule has 0 aliphatic rings. The first-order valence-electron chi connectivity index (χ1n) is 7.25. The quantitative estimate of drug-likeness (QED) is 0.783. The van der Waals surface area contributed by atoms with Gasteiger partial charge in [-0.3, -0.25) is 14.8 Å². The van der Waals surface area contributed by atoms with E-state index in [1.807, 2.05) is 37.3 Å². The van der Waals surface area contributed by atoms with Crippen LogP contribution in [0.4, 0.5) is 0 Å². The highest BCUT2D eigenvalue weighted by atomic mass is 32.1. The Labute approximate surface area is 138 Å². The van der Waals surface area contributed by atoms with Crippen molar-refractivity contribution >= 4 is 17.2 Å². The van der Waals surface area contributed by atoms with E-state index in [1.165, 1.54) is 11.3 Å². The summed E-state index contributed by atoms with van der Waals surface area (Å²) < 4.78 is 0. The molecular weight excluding hydrogens is 308 g/mol. The Morgan fingerprint density at radius 3 is 2.74 bits per heavy atom. The van der Waals surface area contributed by atoms with Gasteiger partial charge in [-0.1, -0.05) is 6.07 Å². The summed E-state index contributed by atoms with van der Waals surface area (Å²) in [6.45, 7) is 2.43. The molecule has 1 amide bonds. The standard InChI is InChI=1S/C17H16N4OS/c1-12-15(23-17(21-12)14-4-2-3-7-19-14)10-16(22)20-11-13-5-8-18-9-6-13/h2-9H,10-11H2,1H3,(H,20,22). The molecule has 0 saturated carbocycles. The zero-order valence-electron chi connectivity index (χ0n) is 12.7. The zero-order chi connectivity index (χ0) is 16.1. The number of pyridine rings is 2. The van der Waals surface area contributed by atoms with Gasteiger partial charge in [-0.25, -0.2) is 4.98 Å². The highest BCUT2D eigenvalue weighted by Crippen LogP contribution is 2.26. The van der Waals surface area contributed by atoms with E-state index in [0.717, 1.165) is 26.8 Å². The zero-order valence-corrected chi connectivity index (χ0v) is 13.5. The van der Waals surface area contributed by atoms with E-state index in [1.54, 1.807) is 18.6 Å². The highest BCUT2D eigenvalue weighted by Gasteiger charge is 2.13. The number of rotatable bonds is 5. The van der Waals surface area contributed by atoms with Gasteiger partial charge >= 0.3 is 0 Å². The lowest BCUT2D eigenvalue weighted by Crippen LogP contribution is -2.24. The first-order chi connectivity index (χ1) is 11.2. The molecule has 0 saturated heterocycles. The number of carbonyl (C=O) groups excluding carboxylic acids is 1. The highest BCUT2D eigenvalue weighted by molar-refractivity contribution is 7.15. The topological polar surface area (TPSA) is 67.8 Å². The molecule has 116 valence electrons. The van der Waals surface area contributed by atoms with E-state index in [9.17, 15) is 4.79 Å². The number of aromatic nitrogens is 3. The number of nitrogens with one attached hydrogen (secondary N) is 1. The Morgan fingerprint density at radius 2 is 2.00 bits per heavy atom. The molecule has 0 radical (unpaired) electrons. The van der Waals surface area contributed by atoms with Crippen LogP contribution in [0, 0.1) is 6.92 Å². The fourth-order valence-electron chi connectivity index (χ4n) is 2.10. The van der Waals surface area contributed by atoms with Crippen molar-refractivity contribution in [3.63, 3.8) is 0 Å². The normalized spacial score (nSPS) is 10.5. The lowest BCUT2D eigenvalue weighted by atomic mass is 10.2. The lowest BCUT2D eigenvalue weighted by molar-refractivity contribution is -0.120. The largest absolute Gasteiger partial charge is 0.352 e. The minimum atomic E-state index is -0.0128. The first kappa shape index (κ1) is 15.3. The Balaban J connectivity index is 1.64. The van der Waals surface area contributed by atoms with Gasteiger partial charge in [0.15, 0.2) is 0 Å². The molecule has 0 spiro atoms. The molecule has 3 rings (SSSR count). The summed E-state index contributed by atoms with van der Waals surface area (Å²) in [6, 6.07) is 9.50. The first-order valence-corrected chi connectivity index (χ1v) is 8.07. The molecule has 3 aromatic rings. The molecule has 3 aromatic heterocycles. The van der Waals surface area contributed by atoms with Crippen molar-refractivity contribution in [2.24, 2.45) is 0 Å². The van der Waals surface area contributed by atoms with Gasteiger partial charge in [-0.2, -0.15) is 0 Å². The molecule has 1 N–H and O–H groups in total. The average molecular weight is 324 g/mol. The molecule has 0 atom stereocenters. The summed E-state index contributed by atoms with van der Waals surface area (Å²) in [4.78, 5) is 25.9. The number of nitrogens with zero attached hydrogens (tertiary/aromatic N) is 3. The summed E-state index contributed by atoms with van der Waals surface area (Å²) in [5, 5.41) is 3.77. The van der Waals surface area contributed by atoms with Crippen LogP contribution in [0.15, 0.2) is 48.9 Å². The average Bonchev–Trinajstić information content (AvgIpc) is 2.95. The fraction of sp³-hybridized carbons (Fsp3) is 0.176. The molecule has 0 bridgehead atoms. The van der Waals surface area contributed by atoms with Crippen molar-refractivity contribution in [1.29, 1.82) is 0 Å². The van der Waals surface area contributed by atoms with Crippen LogP contribution in [0.2, 0.25) is 0 Å². The SMILES string of the molecule is Cc1nc(-c2ccccn2)sc1CC(=O)NCc1ccncc1. The molecule has 0 aliphatic carbocycles. The van der Waals surface area contributed by atoms with Gasteiger partial charge in [0.2, 0.25) is 5.91 Å². The molecule has 0 unspecified atom stereocenters. The van der Waals surface area contributed by atoms with Crippen LogP contribution >= 0.6 is 11.3 Å². The van der Waals surface area contributed by atoms with Gasteiger partial charge in [-0.05, 0) is 36.8 Å². The van der Waals surface area contributed by atoms with Gasteiger partial charge in [0, 0.05) is 30.0 Å². The third-order valence-corrected chi connectivity index (χ3v) is 4.52. The Morgan fingerprint density at radius 1 is 1.17 bits per heavy atom. The molecule has 6 heteroatoms. The van der Waals surface area contributed by atoms with Gasteiger partial charge in [0.05, 0.1) is 17.8 Å². The monoisotopic (exact) mass is 324 g/mol. The maximum absolute atomic E-state index is 12.1. The summed E-state index contributed by atoms with van der Waals surface area (Å²) in [5.74, 6) is -0.0128. The molecule has 23 heavy (non-hydrogen) atoms. The van der Waals surface area contributed by atoms with Crippen molar-refractivity contribution in [3.8, 4) is 10.7 Å². The summed E-state index contributed by atoms with van der Waals surface area (Å²) in [5.41, 5.74) is 2.75. The van der Waals surface area contributed by atoms with Crippen LogP contribution in [0.5, 0.6) is 0 Å². The number of carbonyl (C=O) groups is 1. The number of aryl methyl sites for hydroxylation is 1. The van der Waals surface area contributed by atoms with Crippen molar-refractivity contribution in [2.45, 2.75) is 19.9 Å². The Bertz CT molecular complexity index is 787. The second kappa shape index (κ2) is 7.11. The molecule has 0 fully saturated rings. The predicted octanol–water partition coefficient (Wildman–Crippen LogP) is 2.77. The van der Waals surface area contributed by atoms with Crippen molar-refractivity contribution < 1.29 is 4.79 Å². The van der Waals surface area contributed by atoms with Crippen LogP contribution in [-0.2, 0) is 17.8 Å².